The minimum atomic E-state index is -0.505. The lowest BCUT2D eigenvalue weighted by Gasteiger charge is -2.31. The normalized spacial score (nSPS) is 14.6. The summed E-state index contributed by atoms with van der Waals surface area (Å²) in [5.41, 5.74) is 0.245. The molecular formula is C14H22FNO2. The van der Waals surface area contributed by atoms with Crippen molar-refractivity contribution >= 4 is 0 Å². The van der Waals surface area contributed by atoms with Gasteiger partial charge in [0.1, 0.15) is 18.2 Å². The number of ether oxygens (including phenoxy) is 1. The van der Waals surface area contributed by atoms with E-state index in [1.807, 2.05) is 20.8 Å². The van der Waals surface area contributed by atoms with Crippen LogP contribution in [-0.4, -0.2) is 29.9 Å². The van der Waals surface area contributed by atoms with E-state index in [9.17, 15) is 9.50 Å². The SMILES string of the molecule is Cc1cc(F)ccc1OCC(C)(CO)NC(C)C. The quantitative estimate of drug-likeness (QED) is 0.819. The number of rotatable bonds is 6. The zero-order chi connectivity index (χ0) is 13.8. The Labute approximate surface area is 108 Å². The number of benzene rings is 1. The fourth-order valence-electron chi connectivity index (χ4n) is 1.84. The van der Waals surface area contributed by atoms with Gasteiger partial charge in [0.2, 0.25) is 0 Å². The van der Waals surface area contributed by atoms with Gasteiger partial charge in [0.15, 0.2) is 0 Å². The number of aryl methyl sites for hydroxylation is 1. The first-order valence-electron chi connectivity index (χ1n) is 6.14. The van der Waals surface area contributed by atoms with E-state index >= 15 is 0 Å². The molecule has 4 heteroatoms. The number of halogens is 1. The molecule has 1 aromatic rings. The van der Waals surface area contributed by atoms with Crippen molar-refractivity contribution < 1.29 is 14.2 Å². The topological polar surface area (TPSA) is 41.5 Å². The predicted molar refractivity (Wildman–Crippen MR) is 70.4 cm³/mol. The van der Waals surface area contributed by atoms with Crippen molar-refractivity contribution in [2.24, 2.45) is 0 Å². The lowest BCUT2D eigenvalue weighted by atomic mass is 10.0. The molecule has 0 radical (unpaired) electrons. The zero-order valence-corrected chi connectivity index (χ0v) is 11.5. The van der Waals surface area contributed by atoms with Crippen LogP contribution in [-0.2, 0) is 0 Å². The third-order valence-corrected chi connectivity index (χ3v) is 2.67. The summed E-state index contributed by atoms with van der Waals surface area (Å²) in [7, 11) is 0. The highest BCUT2D eigenvalue weighted by atomic mass is 19.1. The van der Waals surface area contributed by atoms with Gasteiger partial charge in [-0.25, -0.2) is 4.39 Å². The summed E-state index contributed by atoms with van der Waals surface area (Å²) in [6.07, 6.45) is 0. The number of nitrogens with one attached hydrogen (secondary N) is 1. The van der Waals surface area contributed by atoms with Gasteiger partial charge in [0.25, 0.3) is 0 Å². The Morgan fingerprint density at radius 1 is 1.44 bits per heavy atom. The fourth-order valence-corrected chi connectivity index (χ4v) is 1.84. The summed E-state index contributed by atoms with van der Waals surface area (Å²) < 4.78 is 18.6. The summed E-state index contributed by atoms with van der Waals surface area (Å²) in [5.74, 6) is 0.367. The van der Waals surface area contributed by atoms with E-state index in [2.05, 4.69) is 5.32 Å². The number of hydrogen-bond donors (Lipinski definition) is 2. The Morgan fingerprint density at radius 2 is 2.11 bits per heavy atom. The molecule has 0 aliphatic heterocycles. The lowest BCUT2D eigenvalue weighted by molar-refractivity contribution is 0.108. The third-order valence-electron chi connectivity index (χ3n) is 2.67. The number of aliphatic hydroxyl groups is 1. The molecular weight excluding hydrogens is 233 g/mol. The molecule has 1 atom stereocenters. The predicted octanol–water partition coefficient (Wildman–Crippen LogP) is 2.26. The van der Waals surface area contributed by atoms with Crippen molar-refractivity contribution in [2.45, 2.75) is 39.3 Å². The average Bonchev–Trinajstić information content (AvgIpc) is 2.27. The molecule has 3 nitrogen and oxygen atoms in total. The standard InChI is InChI=1S/C14H22FNO2/c1-10(2)16-14(4,8-17)9-18-13-6-5-12(15)7-11(13)3/h5-7,10,16-17H,8-9H2,1-4H3. The first kappa shape index (κ1) is 14.9. The molecule has 0 spiro atoms. The van der Waals surface area contributed by atoms with E-state index in [1.54, 1.807) is 13.0 Å². The molecule has 2 N–H and O–H groups in total. The average molecular weight is 255 g/mol. The van der Waals surface area contributed by atoms with Gasteiger partial charge in [-0.05, 0) is 37.6 Å². The largest absolute Gasteiger partial charge is 0.491 e. The van der Waals surface area contributed by atoms with Crippen LogP contribution in [0, 0.1) is 12.7 Å². The second-order valence-corrected chi connectivity index (χ2v) is 5.22. The van der Waals surface area contributed by atoms with Crippen molar-refractivity contribution in [3.63, 3.8) is 0 Å². The minimum absolute atomic E-state index is 0.0224. The molecule has 0 fully saturated rings. The monoisotopic (exact) mass is 255 g/mol. The van der Waals surface area contributed by atoms with Crippen LogP contribution in [0.1, 0.15) is 26.3 Å². The maximum atomic E-state index is 13.0. The lowest BCUT2D eigenvalue weighted by Crippen LogP contribution is -2.53. The molecule has 0 heterocycles. The number of aliphatic hydroxyl groups excluding tert-OH is 1. The van der Waals surface area contributed by atoms with Crippen LogP contribution >= 0.6 is 0 Å². The summed E-state index contributed by atoms with van der Waals surface area (Å²) in [6.45, 7) is 8.02. The van der Waals surface area contributed by atoms with Gasteiger partial charge in [-0.15, -0.1) is 0 Å². The van der Waals surface area contributed by atoms with Crippen molar-refractivity contribution in [1.29, 1.82) is 0 Å². The molecule has 1 aromatic carbocycles. The van der Waals surface area contributed by atoms with Gasteiger partial charge < -0.3 is 15.2 Å². The van der Waals surface area contributed by atoms with Crippen LogP contribution in [0.25, 0.3) is 0 Å². The summed E-state index contributed by atoms with van der Waals surface area (Å²) in [4.78, 5) is 0. The molecule has 0 aliphatic rings. The van der Waals surface area contributed by atoms with E-state index in [-0.39, 0.29) is 18.5 Å². The number of hydrogen-bond acceptors (Lipinski definition) is 3. The van der Waals surface area contributed by atoms with Crippen molar-refractivity contribution in [3.8, 4) is 5.75 Å². The Hall–Kier alpha value is -1.13. The molecule has 18 heavy (non-hydrogen) atoms. The van der Waals surface area contributed by atoms with Gasteiger partial charge in [-0.3, -0.25) is 0 Å². The maximum Gasteiger partial charge on any atom is 0.123 e. The van der Waals surface area contributed by atoms with Crippen LogP contribution < -0.4 is 10.1 Å². The van der Waals surface area contributed by atoms with E-state index in [1.165, 1.54) is 12.1 Å². The fraction of sp³-hybridized carbons (Fsp3) is 0.571. The Balaban J connectivity index is 2.67. The van der Waals surface area contributed by atoms with Gasteiger partial charge in [0.05, 0.1) is 12.1 Å². The molecule has 1 unspecified atom stereocenters. The van der Waals surface area contributed by atoms with Crippen LogP contribution in [0.5, 0.6) is 5.75 Å². The highest BCUT2D eigenvalue weighted by Crippen LogP contribution is 2.19. The highest BCUT2D eigenvalue weighted by molar-refractivity contribution is 5.32. The van der Waals surface area contributed by atoms with E-state index in [0.29, 0.717) is 12.4 Å². The van der Waals surface area contributed by atoms with E-state index in [0.717, 1.165) is 5.56 Å². The van der Waals surface area contributed by atoms with Crippen LogP contribution in [0.3, 0.4) is 0 Å². The smallest absolute Gasteiger partial charge is 0.123 e. The molecule has 0 amide bonds. The molecule has 0 saturated carbocycles. The summed E-state index contributed by atoms with van der Waals surface area (Å²) in [6, 6.07) is 4.66. The Kier molecular flexibility index (Phi) is 5.11. The van der Waals surface area contributed by atoms with Crippen molar-refractivity contribution in [3.05, 3.63) is 29.6 Å². The van der Waals surface area contributed by atoms with Gasteiger partial charge in [-0.2, -0.15) is 0 Å². The summed E-state index contributed by atoms with van der Waals surface area (Å²) in [5, 5.41) is 12.7. The van der Waals surface area contributed by atoms with E-state index < -0.39 is 5.54 Å². The molecule has 1 rings (SSSR count). The van der Waals surface area contributed by atoms with Crippen LogP contribution in [0.4, 0.5) is 4.39 Å². The van der Waals surface area contributed by atoms with Crippen LogP contribution in [0.2, 0.25) is 0 Å². The third kappa shape index (κ3) is 4.27. The van der Waals surface area contributed by atoms with Crippen LogP contribution in [0.15, 0.2) is 18.2 Å². The van der Waals surface area contributed by atoms with E-state index in [4.69, 9.17) is 4.74 Å². The molecule has 0 saturated heterocycles. The van der Waals surface area contributed by atoms with Gasteiger partial charge in [0, 0.05) is 6.04 Å². The first-order chi connectivity index (χ1) is 8.36. The van der Waals surface area contributed by atoms with Gasteiger partial charge in [-0.1, -0.05) is 13.8 Å². The first-order valence-corrected chi connectivity index (χ1v) is 6.14. The van der Waals surface area contributed by atoms with Gasteiger partial charge >= 0.3 is 0 Å². The zero-order valence-electron chi connectivity index (χ0n) is 11.5. The molecule has 0 bridgehead atoms. The Morgan fingerprint density at radius 3 is 2.61 bits per heavy atom. The summed E-state index contributed by atoms with van der Waals surface area (Å²) >= 11 is 0. The maximum absolute atomic E-state index is 13.0. The molecule has 0 aliphatic carbocycles. The minimum Gasteiger partial charge on any atom is -0.491 e. The molecule has 0 aromatic heterocycles. The molecule has 102 valence electrons. The Bertz CT molecular complexity index is 395. The van der Waals surface area contributed by atoms with Crippen molar-refractivity contribution in [1.82, 2.24) is 5.32 Å². The van der Waals surface area contributed by atoms with Crippen molar-refractivity contribution in [2.75, 3.05) is 13.2 Å². The second-order valence-electron chi connectivity index (χ2n) is 5.22. The second kappa shape index (κ2) is 6.16. The highest BCUT2D eigenvalue weighted by Gasteiger charge is 2.25.